The normalized spacial score (nSPS) is 13.3. The van der Waals surface area contributed by atoms with Gasteiger partial charge in [0.15, 0.2) is 0 Å². The molecule has 0 atom stereocenters. The van der Waals surface area contributed by atoms with Crippen molar-refractivity contribution in [2.24, 2.45) is 0 Å². The molecule has 1 fully saturated rings. The Morgan fingerprint density at radius 2 is 1.65 bits per heavy atom. The third-order valence-corrected chi connectivity index (χ3v) is 7.00. The molecule has 3 aromatic carbocycles. The first-order chi connectivity index (χ1) is 19.2. The Morgan fingerprint density at radius 3 is 2.35 bits per heavy atom. The molecule has 208 valence electrons. The quantitative estimate of drug-likeness (QED) is 0.230. The smallest absolute Gasteiger partial charge is 0.361 e. The van der Waals surface area contributed by atoms with E-state index in [0.29, 0.717) is 12.0 Å². The van der Waals surface area contributed by atoms with Crippen LogP contribution in [0.1, 0.15) is 29.5 Å². The van der Waals surface area contributed by atoms with E-state index in [9.17, 15) is 27.2 Å². The number of benzene rings is 3. The highest BCUT2D eigenvalue weighted by atomic mass is 19.4. The lowest BCUT2D eigenvalue weighted by atomic mass is 10.1. The van der Waals surface area contributed by atoms with Gasteiger partial charge in [-0.3, -0.25) is 4.79 Å². The number of para-hydroxylation sites is 2. The molecule has 1 aliphatic carbocycles. The topological polar surface area (TPSA) is 68.4 Å². The molecule has 1 saturated carbocycles. The van der Waals surface area contributed by atoms with Gasteiger partial charge < -0.3 is 20.1 Å². The monoisotopic (exact) mass is 552 g/mol. The van der Waals surface area contributed by atoms with E-state index in [1.807, 2.05) is 30.5 Å². The molecule has 4 aromatic rings. The van der Waals surface area contributed by atoms with Crippen molar-refractivity contribution in [1.82, 2.24) is 14.8 Å². The first-order valence-corrected chi connectivity index (χ1v) is 13.0. The highest BCUT2D eigenvalue weighted by Gasteiger charge is 2.35. The van der Waals surface area contributed by atoms with E-state index in [4.69, 9.17) is 0 Å². The number of aromatic nitrogens is 1. The number of H-pyrrole nitrogens is 1. The number of hydrogen-bond donors (Lipinski definition) is 2. The van der Waals surface area contributed by atoms with E-state index < -0.39 is 23.6 Å². The van der Waals surface area contributed by atoms with Crippen molar-refractivity contribution in [3.05, 3.63) is 102 Å². The maximum Gasteiger partial charge on any atom is 0.416 e. The van der Waals surface area contributed by atoms with Crippen LogP contribution in [0.3, 0.4) is 0 Å². The molecule has 0 saturated heterocycles. The SMILES string of the molecule is O=C(CN(C(=O)Nc1ccccc1F)C1CC1)N(CCc1c[nH]c2ccccc12)Cc1ccc(C(F)(F)F)cc1. The van der Waals surface area contributed by atoms with E-state index in [2.05, 4.69) is 10.3 Å². The summed E-state index contributed by atoms with van der Waals surface area (Å²) in [7, 11) is 0. The lowest BCUT2D eigenvalue weighted by molar-refractivity contribution is -0.137. The number of carbonyl (C=O) groups excluding carboxylic acids is 2. The van der Waals surface area contributed by atoms with Crippen LogP contribution in [0.2, 0.25) is 0 Å². The molecule has 40 heavy (non-hydrogen) atoms. The molecule has 3 amide bonds. The van der Waals surface area contributed by atoms with Crippen LogP contribution in [0.15, 0.2) is 79.0 Å². The molecule has 0 bridgehead atoms. The van der Waals surface area contributed by atoms with Crippen LogP contribution in [0.25, 0.3) is 10.9 Å². The summed E-state index contributed by atoms with van der Waals surface area (Å²) in [6.45, 7) is 0.126. The van der Waals surface area contributed by atoms with E-state index >= 15 is 0 Å². The minimum absolute atomic E-state index is 0.0199. The number of nitrogens with one attached hydrogen (secondary N) is 2. The minimum atomic E-state index is -4.46. The molecular formula is C30H28F4N4O2. The summed E-state index contributed by atoms with van der Waals surface area (Å²) in [6, 6.07) is 17.6. The van der Waals surface area contributed by atoms with Crippen molar-refractivity contribution in [1.29, 1.82) is 0 Å². The number of hydrogen-bond acceptors (Lipinski definition) is 2. The number of aromatic amines is 1. The predicted molar refractivity (Wildman–Crippen MR) is 144 cm³/mol. The first-order valence-electron chi connectivity index (χ1n) is 13.0. The second kappa shape index (κ2) is 11.4. The molecule has 0 radical (unpaired) electrons. The third-order valence-electron chi connectivity index (χ3n) is 7.00. The second-order valence-electron chi connectivity index (χ2n) is 9.89. The van der Waals surface area contributed by atoms with Crippen LogP contribution < -0.4 is 5.32 Å². The van der Waals surface area contributed by atoms with Crippen molar-refractivity contribution in [2.75, 3.05) is 18.4 Å². The molecule has 6 nitrogen and oxygen atoms in total. The average molecular weight is 553 g/mol. The number of alkyl halides is 3. The van der Waals surface area contributed by atoms with Crippen LogP contribution in [0.4, 0.5) is 28.0 Å². The molecule has 0 unspecified atom stereocenters. The van der Waals surface area contributed by atoms with Crippen LogP contribution in [0.5, 0.6) is 0 Å². The number of fused-ring (bicyclic) bond motifs is 1. The zero-order chi connectivity index (χ0) is 28.3. The van der Waals surface area contributed by atoms with Gasteiger partial charge >= 0.3 is 12.2 Å². The zero-order valence-electron chi connectivity index (χ0n) is 21.5. The number of urea groups is 1. The van der Waals surface area contributed by atoms with E-state index in [1.165, 1.54) is 35.2 Å². The highest BCUT2D eigenvalue weighted by Crippen LogP contribution is 2.30. The lowest BCUT2D eigenvalue weighted by Gasteiger charge is -2.28. The van der Waals surface area contributed by atoms with Gasteiger partial charge in [-0.25, -0.2) is 9.18 Å². The van der Waals surface area contributed by atoms with Crippen LogP contribution in [0, 0.1) is 5.82 Å². The first kappa shape index (κ1) is 27.2. The fraction of sp³-hybridized carbons (Fsp3) is 0.267. The number of rotatable bonds is 9. The Kier molecular flexibility index (Phi) is 7.77. The van der Waals surface area contributed by atoms with Gasteiger partial charge in [-0.1, -0.05) is 42.5 Å². The van der Waals surface area contributed by atoms with Crippen molar-refractivity contribution >= 4 is 28.5 Å². The predicted octanol–water partition coefficient (Wildman–Crippen LogP) is 6.59. The summed E-state index contributed by atoms with van der Waals surface area (Å²) in [5, 5.41) is 3.57. The molecule has 1 aromatic heterocycles. The van der Waals surface area contributed by atoms with Crippen LogP contribution >= 0.6 is 0 Å². The fourth-order valence-electron chi connectivity index (χ4n) is 4.65. The lowest BCUT2D eigenvalue weighted by Crippen LogP contribution is -2.46. The van der Waals surface area contributed by atoms with Crippen molar-refractivity contribution in [3.8, 4) is 0 Å². The minimum Gasteiger partial charge on any atom is -0.361 e. The maximum absolute atomic E-state index is 14.1. The highest BCUT2D eigenvalue weighted by molar-refractivity contribution is 5.93. The molecule has 1 aliphatic rings. The molecule has 5 rings (SSSR count). The van der Waals surface area contributed by atoms with Gasteiger partial charge in [-0.05, 0) is 60.7 Å². The Hall–Kier alpha value is -4.34. The summed E-state index contributed by atoms with van der Waals surface area (Å²) in [6.07, 6.45) is -0.622. The van der Waals surface area contributed by atoms with Gasteiger partial charge in [-0.15, -0.1) is 0 Å². The number of anilines is 1. The maximum atomic E-state index is 14.1. The van der Waals surface area contributed by atoms with E-state index in [-0.39, 0.29) is 37.3 Å². The molecule has 1 heterocycles. The van der Waals surface area contributed by atoms with E-state index in [1.54, 1.807) is 11.0 Å². The Morgan fingerprint density at radius 1 is 0.950 bits per heavy atom. The average Bonchev–Trinajstić information content (AvgIpc) is 3.69. The Balaban J connectivity index is 1.34. The Labute approximate surface area is 228 Å². The van der Waals surface area contributed by atoms with Crippen LogP contribution in [-0.4, -0.2) is 45.9 Å². The van der Waals surface area contributed by atoms with Gasteiger partial charge in [0.1, 0.15) is 12.4 Å². The fourth-order valence-corrected chi connectivity index (χ4v) is 4.65. The van der Waals surface area contributed by atoms with Gasteiger partial charge in [0.2, 0.25) is 5.91 Å². The summed E-state index contributed by atoms with van der Waals surface area (Å²) in [4.78, 5) is 32.8. The summed E-state index contributed by atoms with van der Waals surface area (Å²) >= 11 is 0. The molecule has 0 spiro atoms. The van der Waals surface area contributed by atoms with Crippen LogP contribution in [-0.2, 0) is 23.9 Å². The standard InChI is InChI=1S/C30H28F4N4O2/c31-25-6-2-4-8-27(25)36-29(40)38(23-13-14-23)19-28(39)37(18-20-9-11-22(12-10-20)30(32,33)34)16-15-21-17-35-26-7-3-1-5-24(21)26/h1-12,17,23,35H,13-16,18-19H2,(H,36,40). The largest absolute Gasteiger partial charge is 0.416 e. The number of carbonyl (C=O) groups is 2. The number of amides is 3. The molecular weight excluding hydrogens is 524 g/mol. The number of nitrogens with zero attached hydrogens (tertiary/aromatic N) is 2. The zero-order valence-corrected chi connectivity index (χ0v) is 21.5. The second-order valence-corrected chi connectivity index (χ2v) is 9.89. The van der Waals surface area contributed by atoms with Crippen molar-refractivity contribution < 1.29 is 27.2 Å². The molecule has 2 N–H and O–H groups in total. The van der Waals surface area contributed by atoms with Crippen molar-refractivity contribution in [2.45, 2.75) is 38.0 Å². The molecule has 0 aliphatic heterocycles. The van der Waals surface area contributed by atoms with Crippen molar-refractivity contribution in [3.63, 3.8) is 0 Å². The molecule has 10 heteroatoms. The van der Waals surface area contributed by atoms with Gasteiger partial charge in [0.05, 0.1) is 11.3 Å². The van der Waals surface area contributed by atoms with E-state index in [0.717, 1.165) is 41.4 Å². The van der Waals surface area contributed by atoms with Gasteiger partial charge in [0, 0.05) is 36.2 Å². The number of halogens is 4. The third kappa shape index (κ3) is 6.44. The summed E-state index contributed by atoms with van der Waals surface area (Å²) in [5.41, 5.74) is 1.75. The Bertz CT molecular complexity index is 1500. The summed E-state index contributed by atoms with van der Waals surface area (Å²) in [5.74, 6) is -0.934. The van der Waals surface area contributed by atoms with Gasteiger partial charge in [0.25, 0.3) is 0 Å². The van der Waals surface area contributed by atoms with Gasteiger partial charge in [-0.2, -0.15) is 13.2 Å². The summed E-state index contributed by atoms with van der Waals surface area (Å²) < 4.78 is 53.3.